The van der Waals surface area contributed by atoms with Crippen LogP contribution in [0.4, 0.5) is 0 Å². The first kappa shape index (κ1) is 13.3. The lowest BCUT2D eigenvalue weighted by molar-refractivity contribution is 0.593. The molecule has 2 N–H and O–H groups in total. The van der Waals surface area contributed by atoms with Gasteiger partial charge in [0.05, 0.1) is 10.6 Å². The summed E-state index contributed by atoms with van der Waals surface area (Å²) in [6, 6.07) is 10.4. The molecule has 0 heterocycles. The normalized spacial score (nSPS) is 11.9. The average Bonchev–Trinajstić information content (AvgIpc) is 2.35. The van der Waals surface area contributed by atoms with E-state index < -0.39 is 9.84 Å². The monoisotopic (exact) mass is 283 g/mol. The van der Waals surface area contributed by atoms with Gasteiger partial charge < -0.3 is 5.73 Å². The van der Waals surface area contributed by atoms with Crippen LogP contribution in [0.5, 0.6) is 0 Å². The van der Waals surface area contributed by atoms with Crippen LogP contribution in [0.15, 0.2) is 41.3 Å². The third kappa shape index (κ3) is 2.83. The number of halogens is 1. The third-order valence-corrected chi connectivity index (χ3v) is 4.78. The van der Waals surface area contributed by atoms with Gasteiger partial charge in [0.1, 0.15) is 0 Å². The Hall–Kier alpha value is -1.10. The molecule has 0 atom stereocenters. The van der Waals surface area contributed by atoms with Gasteiger partial charge >= 0.3 is 0 Å². The first-order valence-electron chi connectivity index (χ1n) is 5.65. The van der Waals surface area contributed by atoms with Gasteiger partial charge in [-0.1, -0.05) is 23.7 Å². The topological polar surface area (TPSA) is 60.2 Å². The van der Waals surface area contributed by atoms with E-state index in [9.17, 15) is 8.42 Å². The Balaban J connectivity index is 2.44. The molecule has 2 rings (SSSR count). The summed E-state index contributed by atoms with van der Waals surface area (Å²) >= 11 is 5.88. The highest BCUT2D eigenvalue weighted by Crippen LogP contribution is 2.23. The number of nitrogens with two attached hydrogens (primary N) is 1. The standard InChI is InChI=1S/C13H14ClNO2S/c14-12-4-2-11-9-13(5-3-10(11)8-12)18(16,17)7-1-6-15/h2-5,8-9H,1,6-7,15H2. The quantitative estimate of drug-likeness (QED) is 0.938. The maximum atomic E-state index is 12.0. The fourth-order valence-corrected chi connectivity index (χ4v) is 3.32. The van der Waals surface area contributed by atoms with Crippen molar-refractivity contribution in [1.82, 2.24) is 0 Å². The highest BCUT2D eigenvalue weighted by molar-refractivity contribution is 7.91. The van der Waals surface area contributed by atoms with Crippen molar-refractivity contribution in [2.75, 3.05) is 12.3 Å². The molecule has 0 aromatic heterocycles. The van der Waals surface area contributed by atoms with Gasteiger partial charge in [0.15, 0.2) is 9.84 Å². The molecule has 5 heteroatoms. The smallest absolute Gasteiger partial charge is 0.178 e. The SMILES string of the molecule is NCCCS(=O)(=O)c1ccc2cc(Cl)ccc2c1. The van der Waals surface area contributed by atoms with Crippen molar-refractivity contribution in [3.63, 3.8) is 0 Å². The zero-order valence-corrected chi connectivity index (χ0v) is 11.3. The molecule has 0 unspecified atom stereocenters. The highest BCUT2D eigenvalue weighted by atomic mass is 35.5. The van der Waals surface area contributed by atoms with Crippen molar-refractivity contribution in [1.29, 1.82) is 0 Å². The van der Waals surface area contributed by atoms with Crippen LogP contribution in [0, 0.1) is 0 Å². The molecular weight excluding hydrogens is 270 g/mol. The fraction of sp³-hybridized carbons (Fsp3) is 0.231. The van der Waals surface area contributed by atoms with Gasteiger partial charge in [-0.25, -0.2) is 8.42 Å². The molecule has 18 heavy (non-hydrogen) atoms. The van der Waals surface area contributed by atoms with Gasteiger partial charge in [-0.3, -0.25) is 0 Å². The lowest BCUT2D eigenvalue weighted by atomic mass is 10.1. The van der Waals surface area contributed by atoms with E-state index in [0.717, 1.165) is 10.8 Å². The van der Waals surface area contributed by atoms with E-state index in [1.54, 1.807) is 24.3 Å². The molecular formula is C13H14ClNO2S. The van der Waals surface area contributed by atoms with Crippen LogP contribution in [0.3, 0.4) is 0 Å². The van der Waals surface area contributed by atoms with E-state index in [4.69, 9.17) is 17.3 Å². The fourth-order valence-electron chi connectivity index (χ4n) is 1.78. The van der Waals surface area contributed by atoms with Crippen molar-refractivity contribution in [3.05, 3.63) is 41.4 Å². The number of hydrogen-bond acceptors (Lipinski definition) is 3. The molecule has 0 saturated carbocycles. The van der Waals surface area contributed by atoms with Crippen molar-refractivity contribution in [2.24, 2.45) is 5.73 Å². The minimum Gasteiger partial charge on any atom is -0.330 e. The molecule has 0 aliphatic heterocycles. The van der Waals surface area contributed by atoms with Crippen LogP contribution < -0.4 is 5.73 Å². The molecule has 0 aliphatic rings. The van der Waals surface area contributed by atoms with E-state index in [2.05, 4.69) is 0 Å². The second-order valence-corrected chi connectivity index (χ2v) is 6.66. The summed E-state index contributed by atoms with van der Waals surface area (Å²) in [7, 11) is -3.24. The van der Waals surface area contributed by atoms with Crippen LogP contribution in [-0.2, 0) is 9.84 Å². The molecule has 2 aromatic rings. The van der Waals surface area contributed by atoms with Crippen LogP contribution in [0.25, 0.3) is 10.8 Å². The van der Waals surface area contributed by atoms with Crippen LogP contribution >= 0.6 is 11.6 Å². The van der Waals surface area contributed by atoms with Gasteiger partial charge in [0, 0.05) is 5.02 Å². The van der Waals surface area contributed by atoms with Crippen LogP contribution in [0.2, 0.25) is 5.02 Å². The van der Waals surface area contributed by atoms with Crippen molar-refractivity contribution in [2.45, 2.75) is 11.3 Å². The van der Waals surface area contributed by atoms with E-state index in [1.807, 2.05) is 12.1 Å². The number of fused-ring (bicyclic) bond motifs is 1. The minimum atomic E-state index is -3.24. The highest BCUT2D eigenvalue weighted by Gasteiger charge is 2.13. The first-order valence-corrected chi connectivity index (χ1v) is 7.68. The van der Waals surface area contributed by atoms with E-state index in [0.29, 0.717) is 22.9 Å². The summed E-state index contributed by atoms with van der Waals surface area (Å²) in [5, 5.41) is 2.44. The maximum absolute atomic E-state index is 12.0. The molecule has 0 amide bonds. The Morgan fingerprint density at radius 2 is 1.72 bits per heavy atom. The summed E-state index contributed by atoms with van der Waals surface area (Å²) in [5.41, 5.74) is 5.34. The molecule has 3 nitrogen and oxygen atoms in total. The van der Waals surface area contributed by atoms with Gasteiger partial charge in [0.2, 0.25) is 0 Å². The van der Waals surface area contributed by atoms with E-state index >= 15 is 0 Å². The number of sulfone groups is 1. The van der Waals surface area contributed by atoms with Gasteiger partial charge in [-0.05, 0) is 48.0 Å². The molecule has 0 saturated heterocycles. The zero-order valence-electron chi connectivity index (χ0n) is 9.77. The summed E-state index contributed by atoms with van der Waals surface area (Å²) < 4.78 is 24.0. The van der Waals surface area contributed by atoms with E-state index in [1.165, 1.54) is 0 Å². The van der Waals surface area contributed by atoms with Crippen molar-refractivity contribution in [3.8, 4) is 0 Å². The largest absolute Gasteiger partial charge is 0.330 e. The second-order valence-electron chi connectivity index (χ2n) is 4.11. The summed E-state index contributed by atoms with van der Waals surface area (Å²) in [6.07, 6.45) is 0.473. The molecule has 0 aliphatic carbocycles. The van der Waals surface area contributed by atoms with Crippen molar-refractivity contribution >= 4 is 32.2 Å². The predicted octanol–water partition coefficient (Wildman–Crippen LogP) is 2.62. The summed E-state index contributed by atoms with van der Waals surface area (Å²) in [5.74, 6) is 0.0859. The third-order valence-electron chi connectivity index (χ3n) is 2.75. The Bertz CT molecular complexity index is 668. The molecule has 0 radical (unpaired) electrons. The predicted molar refractivity (Wildman–Crippen MR) is 74.7 cm³/mol. The van der Waals surface area contributed by atoms with Crippen LogP contribution in [-0.4, -0.2) is 20.7 Å². The average molecular weight is 284 g/mol. The summed E-state index contributed by atoms with van der Waals surface area (Å²) in [4.78, 5) is 0.339. The zero-order chi connectivity index (χ0) is 13.2. The van der Waals surface area contributed by atoms with Crippen molar-refractivity contribution < 1.29 is 8.42 Å². The molecule has 96 valence electrons. The maximum Gasteiger partial charge on any atom is 0.178 e. The molecule has 0 fully saturated rings. The lowest BCUT2D eigenvalue weighted by Crippen LogP contribution is -2.11. The number of benzene rings is 2. The Morgan fingerprint density at radius 3 is 2.44 bits per heavy atom. The minimum absolute atomic E-state index is 0.0859. The lowest BCUT2D eigenvalue weighted by Gasteiger charge is -2.05. The van der Waals surface area contributed by atoms with Gasteiger partial charge in [-0.2, -0.15) is 0 Å². The van der Waals surface area contributed by atoms with Gasteiger partial charge in [0.25, 0.3) is 0 Å². The first-order chi connectivity index (χ1) is 8.53. The Morgan fingerprint density at radius 1 is 1.06 bits per heavy atom. The van der Waals surface area contributed by atoms with E-state index in [-0.39, 0.29) is 5.75 Å². The number of hydrogen-bond donors (Lipinski definition) is 1. The summed E-state index contributed by atoms with van der Waals surface area (Å²) in [6.45, 7) is 0.377. The molecule has 0 bridgehead atoms. The number of rotatable bonds is 4. The molecule has 2 aromatic carbocycles. The second kappa shape index (κ2) is 5.26. The van der Waals surface area contributed by atoms with Crippen LogP contribution in [0.1, 0.15) is 6.42 Å². The molecule has 0 spiro atoms. The Kier molecular flexibility index (Phi) is 3.90. The van der Waals surface area contributed by atoms with Gasteiger partial charge in [-0.15, -0.1) is 0 Å². The Labute approximate surface area is 111 Å².